The Hall–Kier alpha value is -1.35. The maximum absolute atomic E-state index is 10.9. The van der Waals surface area contributed by atoms with Crippen molar-refractivity contribution >= 4 is 5.78 Å². The van der Waals surface area contributed by atoms with Crippen LogP contribution in [0.5, 0.6) is 5.75 Å². The highest BCUT2D eigenvalue weighted by atomic mass is 16.5. The molecule has 3 nitrogen and oxygen atoms in total. The van der Waals surface area contributed by atoms with Gasteiger partial charge in [0.2, 0.25) is 0 Å². The van der Waals surface area contributed by atoms with E-state index in [4.69, 9.17) is 4.74 Å². The lowest BCUT2D eigenvalue weighted by Crippen LogP contribution is -2.23. The van der Waals surface area contributed by atoms with Crippen LogP contribution in [0.1, 0.15) is 18.9 Å². The molecule has 0 spiro atoms. The first-order valence-corrected chi connectivity index (χ1v) is 5.92. The highest BCUT2D eigenvalue weighted by Crippen LogP contribution is 2.11. The maximum atomic E-state index is 10.9. The van der Waals surface area contributed by atoms with Gasteiger partial charge < -0.3 is 9.64 Å². The molecule has 0 N–H and O–H groups in total. The Morgan fingerprint density at radius 2 is 1.88 bits per heavy atom. The highest BCUT2D eigenvalue weighted by molar-refractivity contribution is 5.75. The van der Waals surface area contributed by atoms with Crippen molar-refractivity contribution in [1.82, 2.24) is 4.90 Å². The molecule has 0 heterocycles. The number of Topliss-reactive ketones (excluding diaryl/α,β-unsaturated/α-hetero) is 1. The van der Waals surface area contributed by atoms with Crippen molar-refractivity contribution in [3.8, 4) is 5.75 Å². The zero-order valence-corrected chi connectivity index (χ0v) is 10.9. The second-order valence-electron chi connectivity index (χ2n) is 4.35. The van der Waals surface area contributed by atoms with Gasteiger partial charge in [0.25, 0.3) is 0 Å². The normalized spacial score (nSPS) is 10.6. The zero-order chi connectivity index (χ0) is 12.7. The SMILES string of the molecule is COc1ccc(CCN(C)CCC(C)=O)cc1. The molecule has 0 atom stereocenters. The monoisotopic (exact) mass is 235 g/mol. The summed E-state index contributed by atoms with van der Waals surface area (Å²) in [6.07, 6.45) is 1.64. The number of ether oxygens (including phenoxy) is 1. The molecule has 0 aliphatic heterocycles. The number of benzene rings is 1. The van der Waals surface area contributed by atoms with E-state index in [0.29, 0.717) is 6.42 Å². The van der Waals surface area contributed by atoms with Crippen LogP contribution in [0.4, 0.5) is 0 Å². The molecule has 0 bridgehead atoms. The maximum Gasteiger partial charge on any atom is 0.131 e. The van der Waals surface area contributed by atoms with E-state index in [1.165, 1.54) is 5.56 Å². The fourth-order valence-corrected chi connectivity index (χ4v) is 1.57. The summed E-state index contributed by atoms with van der Waals surface area (Å²) < 4.78 is 5.11. The van der Waals surface area contributed by atoms with Gasteiger partial charge in [-0.25, -0.2) is 0 Å². The molecular formula is C14H21NO2. The summed E-state index contributed by atoms with van der Waals surface area (Å²) in [6, 6.07) is 8.12. The molecule has 0 fully saturated rings. The minimum absolute atomic E-state index is 0.251. The minimum Gasteiger partial charge on any atom is -0.497 e. The predicted molar refractivity (Wildman–Crippen MR) is 69.5 cm³/mol. The number of carbonyl (C=O) groups is 1. The molecule has 0 radical (unpaired) electrons. The number of nitrogens with zero attached hydrogens (tertiary/aromatic N) is 1. The summed E-state index contributed by atoms with van der Waals surface area (Å²) in [5.41, 5.74) is 1.29. The molecule has 0 aromatic heterocycles. The zero-order valence-electron chi connectivity index (χ0n) is 10.9. The summed E-state index contributed by atoms with van der Waals surface area (Å²) in [4.78, 5) is 13.0. The van der Waals surface area contributed by atoms with E-state index in [1.807, 2.05) is 19.2 Å². The van der Waals surface area contributed by atoms with Crippen LogP contribution in [-0.2, 0) is 11.2 Å². The molecule has 3 heteroatoms. The second kappa shape index (κ2) is 7.07. The fraction of sp³-hybridized carbons (Fsp3) is 0.500. The second-order valence-corrected chi connectivity index (χ2v) is 4.35. The number of ketones is 1. The van der Waals surface area contributed by atoms with Crippen LogP contribution >= 0.6 is 0 Å². The third kappa shape index (κ3) is 5.50. The van der Waals surface area contributed by atoms with Crippen LogP contribution in [-0.4, -0.2) is 37.9 Å². The van der Waals surface area contributed by atoms with Crippen molar-refractivity contribution in [2.45, 2.75) is 19.8 Å². The molecule has 0 unspecified atom stereocenters. The Kier molecular flexibility index (Phi) is 5.70. The molecule has 0 aliphatic carbocycles. The van der Waals surface area contributed by atoms with Crippen LogP contribution in [0.3, 0.4) is 0 Å². The smallest absolute Gasteiger partial charge is 0.131 e. The quantitative estimate of drug-likeness (QED) is 0.725. The van der Waals surface area contributed by atoms with Gasteiger partial charge in [-0.2, -0.15) is 0 Å². The van der Waals surface area contributed by atoms with Crippen LogP contribution in [0.15, 0.2) is 24.3 Å². The lowest BCUT2D eigenvalue weighted by molar-refractivity contribution is -0.117. The molecule has 1 aromatic rings. The van der Waals surface area contributed by atoms with E-state index >= 15 is 0 Å². The number of carbonyl (C=O) groups excluding carboxylic acids is 1. The van der Waals surface area contributed by atoms with Crippen molar-refractivity contribution in [2.24, 2.45) is 0 Å². The summed E-state index contributed by atoms with van der Waals surface area (Å²) in [7, 11) is 3.72. The molecule has 0 aliphatic rings. The molecule has 0 saturated heterocycles. The van der Waals surface area contributed by atoms with Gasteiger partial charge in [0.05, 0.1) is 7.11 Å². The third-order valence-corrected chi connectivity index (χ3v) is 2.79. The van der Waals surface area contributed by atoms with Crippen LogP contribution < -0.4 is 4.74 Å². The Balaban J connectivity index is 2.31. The molecular weight excluding hydrogens is 214 g/mol. The van der Waals surface area contributed by atoms with Gasteiger partial charge >= 0.3 is 0 Å². The van der Waals surface area contributed by atoms with Gasteiger partial charge in [-0.1, -0.05) is 12.1 Å². The van der Waals surface area contributed by atoms with Crippen molar-refractivity contribution in [2.75, 3.05) is 27.2 Å². The van der Waals surface area contributed by atoms with Crippen molar-refractivity contribution in [3.05, 3.63) is 29.8 Å². The molecule has 94 valence electrons. The Bertz CT molecular complexity index is 346. The minimum atomic E-state index is 0.251. The lowest BCUT2D eigenvalue weighted by Gasteiger charge is -2.15. The summed E-state index contributed by atoms with van der Waals surface area (Å²) >= 11 is 0. The number of likely N-dealkylation sites (N-methyl/N-ethyl adjacent to an activating group) is 1. The van der Waals surface area contributed by atoms with Crippen LogP contribution in [0, 0.1) is 0 Å². The van der Waals surface area contributed by atoms with E-state index < -0.39 is 0 Å². The topological polar surface area (TPSA) is 29.5 Å². The number of rotatable bonds is 7. The van der Waals surface area contributed by atoms with Gasteiger partial charge in [-0.05, 0) is 38.1 Å². The molecule has 0 amide bonds. The highest BCUT2D eigenvalue weighted by Gasteiger charge is 2.01. The molecule has 17 heavy (non-hydrogen) atoms. The van der Waals surface area contributed by atoms with Gasteiger partial charge in [-0.15, -0.1) is 0 Å². The standard InChI is InChI=1S/C14H21NO2/c1-12(16)8-10-15(2)11-9-13-4-6-14(17-3)7-5-13/h4-7H,8-11H2,1-3H3. The summed E-state index contributed by atoms with van der Waals surface area (Å²) in [5.74, 6) is 1.14. The first-order valence-electron chi connectivity index (χ1n) is 5.92. The van der Waals surface area contributed by atoms with Gasteiger partial charge in [0.1, 0.15) is 11.5 Å². The van der Waals surface area contributed by atoms with E-state index in [1.54, 1.807) is 14.0 Å². The average molecular weight is 235 g/mol. The molecule has 1 aromatic carbocycles. The Morgan fingerprint density at radius 3 is 2.41 bits per heavy atom. The van der Waals surface area contributed by atoms with Gasteiger partial charge in [0.15, 0.2) is 0 Å². The van der Waals surface area contributed by atoms with Crippen molar-refractivity contribution in [1.29, 1.82) is 0 Å². The van der Waals surface area contributed by atoms with Crippen LogP contribution in [0.2, 0.25) is 0 Å². The largest absolute Gasteiger partial charge is 0.497 e. The number of hydrogen-bond donors (Lipinski definition) is 0. The van der Waals surface area contributed by atoms with E-state index in [-0.39, 0.29) is 5.78 Å². The average Bonchev–Trinajstić information content (AvgIpc) is 2.34. The molecule has 1 rings (SSSR count). The first kappa shape index (κ1) is 13.7. The lowest BCUT2D eigenvalue weighted by atomic mass is 10.1. The van der Waals surface area contributed by atoms with Gasteiger partial charge in [0, 0.05) is 19.5 Å². The number of methoxy groups -OCH3 is 1. The van der Waals surface area contributed by atoms with Crippen LogP contribution in [0.25, 0.3) is 0 Å². The summed E-state index contributed by atoms with van der Waals surface area (Å²) in [6.45, 7) is 3.45. The predicted octanol–water partition coefficient (Wildman–Crippen LogP) is 2.15. The van der Waals surface area contributed by atoms with Crippen molar-refractivity contribution in [3.63, 3.8) is 0 Å². The van der Waals surface area contributed by atoms with E-state index in [0.717, 1.165) is 25.3 Å². The Morgan fingerprint density at radius 1 is 1.24 bits per heavy atom. The molecule has 0 saturated carbocycles. The van der Waals surface area contributed by atoms with E-state index in [2.05, 4.69) is 17.0 Å². The van der Waals surface area contributed by atoms with Gasteiger partial charge in [-0.3, -0.25) is 4.79 Å². The van der Waals surface area contributed by atoms with Crippen molar-refractivity contribution < 1.29 is 9.53 Å². The number of hydrogen-bond acceptors (Lipinski definition) is 3. The fourth-order valence-electron chi connectivity index (χ4n) is 1.57. The Labute approximate surface area is 103 Å². The third-order valence-electron chi connectivity index (χ3n) is 2.79. The first-order chi connectivity index (χ1) is 8.11. The van der Waals surface area contributed by atoms with E-state index in [9.17, 15) is 4.79 Å². The summed E-state index contributed by atoms with van der Waals surface area (Å²) in [5, 5.41) is 0.